The second-order valence-electron chi connectivity index (χ2n) is 4.45. The predicted octanol–water partition coefficient (Wildman–Crippen LogP) is 0.919. The van der Waals surface area contributed by atoms with Gasteiger partial charge in [-0.15, -0.1) is 5.10 Å². The van der Waals surface area contributed by atoms with E-state index >= 15 is 0 Å². The number of fused-ring (bicyclic) bond motifs is 1. The number of anilines is 2. The third-order valence-corrected chi connectivity index (χ3v) is 3.18. The van der Waals surface area contributed by atoms with E-state index in [1.165, 1.54) is 17.3 Å². The molecule has 21 heavy (non-hydrogen) atoms. The lowest BCUT2D eigenvalue weighted by atomic mass is 10.1. The van der Waals surface area contributed by atoms with Crippen LogP contribution in [0.1, 0.15) is 5.56 Å². The molecule has 1 aromatic heterocycles. The van der Waals surface area contributed by atoms with Gasteiger partial charge < -0.3 is 5.11 Å². The van der Waals surface area contributed by atoms with E-state index in [-0.39, 0.29) is 12.4 Å². The summed E-state index contributed by atoms with van der Waals surface area (Å²) in [5.74, 6) is -1.04. The minimum absolute atomic E-state index is 0.0241. The van der Waals surface area contributed by atoms with Crippen LogP contribution in [0.15, 0.2) is 36.7 Å². The van der Waals surface area contributed by atoms with Gasteiger partial charge in [0.2, 0.25) is 0 Å². The first-order valence-electron chi connectivity index (χ1n) is 6.21. The van der Waals surface area contributed by atoms with Crippen LogP contribution in [0.3, 0.4) is 0 Å². The van der Waals surface area contributed by atoms with E-state index in [0.29, 0.717) is 5.69 Å². The average Bonchev–Trinajstić information content (AvgIpc) is 2.88. The van der Waals surface area contributed by atoms with Gasteiger partial charge in [-0.1, -0.05) is 18.2 Å². The number of amides is 2. The molecule has 0 aliphatic carbocycles. The molecule has 0 saturated carbocycles. The maximum atomic E-state index is 12.3. The molecule has 1 aromatic carbocycles. The van der Waals surface area contributed by atoms with Gasteiger partial charge in [0.15, 0.2) is 0 Å². The van der Waals surface area contributed by atoms with Crippen molar-refractivity contribution in [1.82, 2.24) is 15.2 Å². The van der Waals surface area contributed by atoms with Crippen molar-refractivity contribution in [2.75, 3.05) is 10.2 Å². The molecule has 0 spiro atoms. The molecule has 0 fully saturated rings. The Kier molecular flexibility index (Phi) is 3.19. The Balaban J connectivity index is 1.91. The molecule has 2 amide bonds. The van der Waals surface area contributed by atoms with Crippen LogP contribution in [0.5, 0.6) is 0 Å². The van der Waals surface area contributed by atoms with Crippen LogP contribution in [0.25, 0.3) is 0 Å². The summed E-state index contributed by atoms with van der Waals surface area (Å²) in [6.07, 6.45) is 3.03. The summed E-state index contributed by atoms with van der Waals surface area (Å²) < 4.78 is 0. The molecule has 1 atom stereocenters. The van der Waals surface area contributed by atoms with Gasteiger partial charge in [0, 0.05) is 12.1 Å². The number of carbonyl (C=O) groups is 2. The Hall–Kier alpha value is -3.03. The number of benzene rings is 1. The number of para-hydroxylation sites is 1. The molecular weight excluding hydrogens is 274 g/mol. The van der Waals surface area contributed by atoms with Crippen LogP contribution < -0.4 is 10.2 Å². The third-order valence-electron chi connectivity index (χ3n) is 3.18. The molecule has 1 aliphatic rings. The molecule has 2 heterocycles. The first-order valence-corrected chi connectivity index (χ1v) is 6.21. The highest BCUT2D eigenvalue weighted by molar-refractivity contribution is 6.06. The number of nitrogens with one attached hydrogen (secondary N) is 1. The van der Waals surface area contributed by atoms with Crippen LogP contribution in [0.4, 0.5) is 16.4 Å². The van der Waals surface area contributed by atoms with Crippen LogP contribution in [0.2, 0.25) is 0 Å². The maximum Gasteiger partial charge on any atom is 0.329 e. The first-order chi connectivity index (χ1) is 10.2. The monoisotopic (exact) mass is 285 g/mol. The Labute approximate surface area is 119 Å². The molecule has 8 nitrogen and oxygen atoms in total. The summed E-state index contributed by atoms with van der Waals surface area (Å²) >= 11 is 0. The van der Waals surface area contributed by atoms with Gasteiger partial charge in [-0.05, 0) is 11.6 Å². The zero-order valence-corrected chi connectivity index (χ0v) is 10.8. The number of hydrogen-bond donors (Lipinski definition) is 2. The minimum Gasteiger partial charge on any atom is -0.480 e. The third kappa shape index (κ3) is 2.38. The van der Waals surface area contributed by atoms with E-state index in [4.69, 9.17) is 0 Å². The smallest absolute Gasteiger partial charge is 0.329 e. The summed E-state index contributed by atoms with van der Waals surface area (Å²) in [6, 6.07) is 5.54. The molecule has 2 aromatic rings. The van der Waals surface area contributed by atoms with Gasteiger partial charge in [0.25, 0.3) is 5.95 Å². The van der Waals surface area contributed by atoms with Crippen molar-refractivity contribution in [1.29, 1.82) is 0 Å². The van der Waals surface area contributed by atoms with E-state index < -0.39 is 18.0 Å². The molecule has 8 heteroatoms. The second kappa shape index (κ2) is 5.16. The minimum atomic E-state index is -1.06. The van der Waals surface area contributed by atoms with Gasteiger partial charge in [-0.3, -0.25) is 10.2 Å². The number of urea groups is 1. The van der Waals surface area contributed by atoms with E-state index in [1.807, 2.05) is 6.07 Å². The van der Waals surface area contributed by atoms with Crippen molar-refractivity contribution in [3.8, 4) is 0 Å². The fourth-order valence-corrected chi connectivity index (χ4v) is 2.30. The van der Waals surface area contributed by atoms with Gasteiger partial charge in [-0.2, -0.15) is 5.10 Å². The summed E-state index contributed by atoms with van der Waals surface area (Å²) in [6.45, 7) is 0. The number of aliphatic carboxylic acids is 1. The van der Waals surface area contributed by atoms with Gasteiger partial charge in [-0.25, -0.2) is 14.6 Å². The van der Waals surface area contributed by atoms with E-state index in [2.05, 4.69) is 20.5 Å². The van der Waals surface area contributed by atoms with Gasteiger partial charge in [0.05, 0.1) is 12.4 Å². The molecule has 0 saturated heterocycles. The number of aromatic nitrogens is 3. The molecule has 0 bridgehead atoms. The Morgan fingerprint density at radius 1 is 1.29 bits per heavy atom. The van der Waals surface area contributed by atoms with Gasteiger partial charge >= 0.3 is 12.0 Å². The lowest BCUT2D eigenvalue weighted by molar-refractivity contribution is -0.138. The molecule has 0 unspecified atom stereocenters. The number of carbonyl (C=O) groups excluding carboxylic acids is 1. The van der Waals surface area contributed by atoms with Gasteiger partial charge in [0.1, 0.15) is 6.04 Å². The number of hydrogen-bond acceptors (Lipinski definition) is 5. The van der Waals surface area contributed by atoms with Crippen LogP contribution in [-0.2, 0) is 11.2 Å². The molecular formula is C13H11N5O3. The first kappa shape index (κ1) is 13.0. The largest absolute Gasteiger partial charge is 0.480 e. The van der Waals surface area contributed by atoms with Crippen molar-refractivity contribution in [2.45, 2.75) is 12.5 Å². The highest BCUT2D eigenvalue weighted by Crippen LogP contribution is 2.32. The Morgan fingerprint density at radius 3 is 2.81 bits per heavy atom. The SMILES string of the molecule is O=C(O)[C@@H]1Cc2ccccc2N1C(=O)Nc1nccnn1. The highest BCUT2D eigenvalue weighted by Gasteiger charge is 2.38. The van der Waals surface area contributed by atoms with Crippen LogP contribution >= 0.6 is 0 Å². The molecule has 3 rings (SSSR count). The zero-order valence-electron chi connectivity index (χ0n) is 10.8. The van der Waals surface area contributed by atoms with E-state index in [0.717, 1.165) is 5.56 Å². The normalized spacial score (nSPS) is 16.4. The summed E-state index contributed by atoms with van der Waals surface area (Å²) in [4.78, 5) is 28.7. The molecule has 1 aliphatic heterocycles. The van der Waals surface area contributed by atoms with E-state index in [1.54, 1.807) is 18.2 Å². The quantitative estimate of drug-likeness (QED) is 0.849. The van der Waals surface area contributed by atoms with Crippen molar-refractivity contribution < 1.29 is 14.7 Å². The van der Waals surface area contributed by atoms with Crippen molar-refractivity contribution in [3.63, 3.8) is 0 Å². The standard InChI is InChI=1S/C13H11N5O3/c19-11(20)10-7-8-3-1-2-4-9(8)18(10)13(21)16-12-14-5-6-15-17-12/h1-6,10H,7H2,(H,19,20)(H,14,16,17,21)/t10-/m0/s1. The maximum absolute atomic E-state index is 12.3. The fourth-order valence-electron chi connectivity index (χ4n) is 2.30. The average molecular weight is 285 g/mol. The van der Waals surface area contributed by atoms with Crippen LogP contribution in [0, 0.1) is 0 Å². The van der Waals surface area contributed by atoms with E-state index in [9.17, 15) is 14.7 Å². The summed E-state index contributed by atoms with van der Waals surface area (Å²) in [5, 5.41) is 19.0. The van der Waals surface area contributed by atoms with Crippen LogP contribution in [-0.4, -0.2) is 38.3 Å². The molecule has 2 N–H and O–H groups in total. The lowest BCUT2D eigenvalue weighted by Crippen LogP contribution is -2.45. The topological polar surface area (TPSA) is 108 Å². The van der Waals surface area contributed by atoms with Crippen molar-refractivity contribution >= 4 is 23.6 Å². The number of nitrogens with zero attached hydrogens (tertiary/aromatic N) is 4. The zero-order chi connectivity index (χ0) is 14.8. The number of carboxylic acids is 1. The summed E-state index contributed by atoms with van der Waals surface area (Å²) in [7, 11) is 0. The van der Waals surface area contributed by atoms with Crippen molar-refractivity contribution in [3.05, 3.63) is 42.2 Å². The number of carboxylic acid groups (broad SMARTS) is 1. The van der Waals surface area contributed by atoms with Crippen molar-refractivity contribution in [2.24, 2.45) is 0 Å². The fraction of sp³-hybridized carbons (Fsp3) is 0.154. The Bertz CT molecular complexity index is 691. The predicted molar refractivity (Wildman–Crippen MR) is 72.9 cm³/mol. The second-order valence-corrected chi connectivity index (χ2v) is 4.45. The molecule has 0 radical (unpaired) electrons. The lowest BCUT2D eigenvalue weighted by Gasteiger charge is -2.22. The molecule has 106 valence electrons. The Morgan fingerprint density at radius 2 is 2.10 bits per heavy atom. The summed E-state index contributed by atoms with van der Waals surface area (Å²) in [5.41, 5.74) is 1.39. The number of rotatable bonds is 2. The highest BCUT2D eigenvalue weighted by atomic mass is 16.4.